The zero-order valence-corrected chi connectivity index (χ0v) is 13.8. The molecule has 0 bridgehead atoms. The summed E-state index contributed by atoms with van der Waals surface area (Å²) in [6.07, 6.45) is 1.54. The standard InChI is InChI=1S/C18H15ClN4O2/c19-12-10-16(20-11-12)17(24)21-14-6-8-15(9-7-14)23-18(25)22-13-4-2-1-3-5-13/h1-11,20H,(H,21,24)(H2,22,23,25). The topological polar surface area (TPSA) is 86.0 Å². The van der Waals surface area contributed by atoms with Crippen LogP contribution in [-0.4, -0.2) is 16.9 Å². The molecular weight excluding hydrogens is 340 g/mol. The molecular formula is C18H15ClN4O2. The first-order valence-electron chi connectivity index (χ1n) is 7.48. The zero-order chi connectivity index (χ0) is 17.6. The predicted octanol–water partition coefficient (Wildman–Crippen LogP) is 4.56. The number of rotatable bonds is 4. The van der Waals surface area contributed by atoms with Crippen molar-refractivity contribution in [3.8, 4) is 0 Å². The second-order valence-electron chi connectivity index (χ2n) is 5.21. The maximum atomic E-state index is 12.0. The van der Waals surface area contributed by atoms with Crippen LogP contribution in [0, 0.1) is 0 Å². The molecule has 6 nitrogen and oxygen atoms in total. The maximum absolute atomic E-state index is 12.0. The van der Waals surface area contributed by atoms with E-state index >= 15 is 0 Å². The fourth-order valence-electron chi connectivity index (χ4n) is 2.15. The molecule has 0 aliphatic carbocycles. The van der Waals surface area contributed by atoms with E-state index in [1.54, 1.807) is 42.5 Å². The highest BCUT2D eigenvalue weighted by atomic mass is 35.5. The molecule has 0 saturated heterocycles. The third-order valence-corrected chi connectivity index (χ3v) is 3.54. The molecule has 1 aromatic heterocycles. The number of carbonyl (C=O) groups is 2. The van der Waals surface area contributed by atoms with E-state index in [0.29, 0.717) is 27.8 Å². The number of halogens is 1. The highest BCUT2D eigenvalue weighted by Gasteiger charge is 2.08. The Hall–Kier alpha value is -3.25. The number of aromatic amines is 1. The Morgan fingerprint density at radius 3 is 1.92 bits per heavy atom. The predicted molar refractivity (Wildman–Crippen MR) is 99.3 cm³/mol. The summed E-state index contributed by atoms with van der Waals surface area (Å²) in [5, 5.41) is 8.65. The van der Waals surface area contributed by atoms with Gasteiger partial charge < -0.3 is 20.9 Å². The summed E-state index contributed by atoms with van der Waals surface area (Å²) in [5.41, 5.74) is 2.28. The Morgan fingerprint density at radius 2 is 1.36 bits per heavy atom. The van der Waals surface area contributed by atoms with Gasteiger partial charge in [0.25, 0.3) is 5.91 Å². The first-order chi connectivity index (χ1) is 12.1. The second-order valence-corrected chi connectivity index (χ2v) is 5.64. The van der Waals surface area contributed by atoms with Crippen LogP contribution in [0.25, 0.3) is 0 Å². The summed E-state index contributed by atoms with van der Waals surface area (Å²) in [7, 11) is 0. The molecule has 7 heteroatoms. The molecule has 0 aliphatic rings. The number of aromatic nitrogens is 1. The SMILES string of the molecule is O=C(Nc1ccccc1)Nc1ccc(NC(=O)c2cc(Cl)c[nH]2)cc1. The van der Waals surface area contributed by atoms with E-state index in [4.69, 9.17) is 11.6 Å². The number of nitrogens with one attached hydrogen (secondary N) is 4. The van der Waals surface area contributed by atoms with Crippen molar-refractivity contribution in [2.75, 3.05) is 16.0 Å². The van der Waals surface area contributed by atoms with Gasteiger partial charge in [-0.15, -0.1) is 0 Å². The van der Waals surface area contributed by atoms with Gasteiger partial charge in [0.05, 0.1) is 5.02 Å². The zero-order valence-electron chi connectivity index (χ0n) is 13.0. The van der Waals surface area contributed by atoms with Crippen molar-refractivity contribution in [1.82, 2.24) is 4.98 Å². The van der Waals surface area contributed by atoms with Crippen LogP contribution in [0.4, 0.5) is 21.9 Å². The van der Waals surface area contributed by atoms with Gasteiger partial charge in [-0.3, -0.25) is 4.79 Å². The van der Waals surface area contributed by atoms with E-state index in [1.807, 2.05) is 18.2 Å². The van der Waals surface area contributed by atoms with Crippen LogP contribution >= 0.6 is 11.6 Å². The van der Waals surface area contributed by atoms with Crippen LogP contribution in [-0.2, 0) is 0 Å². The van der Waals surface area contributed by atoms with Crippen molar-refractivity contribution >= 4 is 40.6 Å². The Bertz CT molecular complexity index is 876. The number of anilines is 3. The molecule has 0 spiro atoms. The van der Waals surface area contributed by atoms with E-state index in [0.717, 1.165) is 0 Å². The third-order valence-electron chi connectivity index (χ3n) is 3.32. The Morgan fingerprint density at radius 1 is 0.800 bits per heavy atom. The lowest BCUT2D eigenvalue weighted by atomic mass is 10.2. The molecule has 0 unspecified atom stereocenters. The quantitative estimate of drug-likeness (QED) is 0.553. The van der Waals surface area contributed by atoms with Crippen LogP contribution < -0.4 is 16.0 Å². The summed E-state index contributed by atoms with van der Waals surface area (Å²) < 4.78 is 0. The van der Waals surface area contributed by atoms with Crippen LogP contribution in [0.1, 0.15) is 10.5 Å². The van der Waals surface area contributed by atoms with Gasteiger partial charge in [0.2, 0.25) is 0 Å². The second kappa shape index (κ2) is 7.55. The largest absolute Gasteiger partial charge is 0.356 e. The van der Waals surface area contributed by atoms with Gasteiger partial charge in [0.15, 0.2) is 0 Å². The minimum Gasteiger partial charge on any atom is -0.356 e. The smallest absolute Gasteiger partial charge is 0.323 e. The van der Waals surface area contributed by atoms with E-state index in [2.05, 4.69) is 20.9 Å². The van der Waals surface area contributed by atoms with E-state index in [-0.39, 0.29) is 11.9 Å². The van der Waals surface area contributed by atoms with E-state index in [1.165, 1.54) is 6.20 Å². The summed E-state index contributed by atoms with van der Waals surface area (Å²) in [4.78, 5) is 26.7. The van der Waals surface area contributed by atoms with Crippen molar-refractivity contribution in [1.29, 1.82) is 0 Å². The highest BCUT2D eigenvalue weighted by Crippen LogP contribution is 2.16. The van der Waals surface area contributed by atoms with Crippen molar-refractivity contribution < 1.29 is 9.59 Å². The molecule has 0 aliphatic heterocycles. The number of benzene rings is 2. The van der Waals surface area contributed by atoms with Crippen LogP contribution in [0.3, 0.4) is 0 Å². The molecule has 0 fully saturated rings. The average molecular weight is 355 g/mol. The number of carbonyl (C=O) groups excluding carboxylic acids is 2. The van der Waals surface area contributed by atoms with Crippen molar-refractivity contribution in [2.24, 2.45) is 0 Å². The molecule has 1 heterocycles. The van der Waals surface area contributed by atoms with Crippen LogP contribution in [0.15, 0.2) is 66.9 Å². The summed E-state index contributed by atoms with van der Waals surface area (Å²) in [6.45, 7) is 0. The van der Waals surface area contributed by atoms with Gasteiger partial charge >= 0.3 is 6.03 Å². The van der Waals surface area contributed by atoms with Gasteiger partial charge in [-0.05, 0) is 42.5 Å². The molecule has 4 N–H and O–H groups in total. The first-order valence-corrected chi connectivity index (χ1v) is 7.86. The van der Waals surface area contributed by atoms with Gasteiger partial charge in [-0.1, -0.05) is 29.8 Å². The fraction of sp³-hybridized carbons (Fsp3) is 0. The number of para-hydroxylation sites is 1. The average Bonchev–Trinajstić information content (AvgIpc) is 3.04. The first kappa shape index (κ1) is 16.6. The number of H-pyrrole nitrogens is 1. The molecule has 25 heavy (non-hydrogen) atoms. The maximum Gasteiger partial charge on any atom is 0.323 e. The molecule has 2 aromatic carbocycles. The summed E-state index contributed by atoms with van der Waals surface area (Å²) in [6, 6.07) is 17.1. The molecule has 126 valence electrons. The monoisotopic (exact) mass is 354 g/mol. The molecule has 0 atom stereocenters. The molecule has 3 aromatic rings. The van der Waals surface area contributed by atoms with Gasteiger partial charge in [-0.25, -0.2) is 4.79 Å². The molecule has 0 saturated carbocycles. The number of hydrogen-bond donors (Lipinski definition) is 4. The Labute approximate surface area is 149 Å². The van der Waals surface area contributed by atoms with E-state index < -0.39 is 0 Å². The highest BCUT2D eigenvalue weighted by molar-refractivity contribution is 6.31. The summed E-state index contributed by atoms with van der Waals surface area (Å²) in [5.74, 6) is -0.297. The van der Waals surface area contributed by atoms with Crippen LogP contribution in [0.2, 0.25) is 5.02 Å². The number of amides is 3. The number of urea groups is 1. The lowest BCUT2D eigenvalue weighted by Crippen LogP contribution is -2.19. The normalized spacial score (nSPS) is 10.1. The van der Waals surface area contributed by atoms with Crippen molar-refractivity contribution in [3.05, 3.63) is 77.6 Å². The lowest BCUT2D eigenvalue weighted by Gasteiger charge is -2.09. The minimum atomic E-state index is -0.344. The Balaban J connectivity index is 1.56. The Kier molecular flexibility index (Phi) is 5.01. The van der Waals surface area contributed by atoms with Gasteiger partial charge in [-0.2, -0.15) is 0 Å². The lowest BCUT2D eigenvalue weighted by molar-refractivity contribution is 0.102. The minimum absolute atomic E-state index is 0.297. The molecule has 3 amide bonds. The summed E-state index contributed by atoms with van der Waals surface area (Å²) >= 11 is 5.78. The molecule has 3 rings (SSSR count). The van der Waals surface area contributed by atoms with E-state index in [9.17, 15) is 9.59 Å². The fourth-order valence-corrected chi connectivity index (χ4v) is 2.31. The number of hydrogen-bond acceptors (Lipinski definition) is 2. The van der Waals surface area contributed by atoms with Crippen molar-refractivity contribution in [3.63, 3.8) is 0 Å². The van der Waals surface area contributed by atoms with Gasteiger partial charge in [0.1, 0.15) is 5.69 Å². The van der Waals surface area contributed by atoms with Crippen molar-refractivity contribution in [2.45, 2.75) is 0 Å². The third kappa shape index (κ3) is 4.62. The molecule has 0 radical (unpaired) electrons. The van der Waals surface area contributed by atoms with Gasteiger partial charge in [0, 0.05) is 23.3 Å². The van der Waals surface area contributed by atoms with Crippen LogP contribution in [0.5, 0.6) is 0 Å².